The molecule has 0 aromatic carbocycles. The molecule has 9 nitrogen and oxygen atoms in total. The molecule has 0 aliphatic carbocycles. The number of esters is 1. The lowest BCUT2D eigenvalue weighted by Gasteiger charge is -2.24. The standard InChI is InChI=1S/C13H17N3O6S/c1-6(17)19-5-7-9-10(22-13(2,3)21-9)11(20-7)16-12(18)15-8(23)4-14-16/h4,7,9-11H,5H2,1-3H3,(H,15,18,23)/t7-,9-,10-,11+/m0/s1. The van der Waals surface area contributed by atoms with Crippen LogP contribution in [0.1, 0.15) is 27.0 Å². The van der Waals surface area contributed by atoms with Crippen LogP contribution in [0.3, 0.4) is 0 Å². The van der Waals surface area contributed by atoms with E-state index in [0.717, 1.165) is 4.68 Å². The van der Waals surface area contributed by atoms with E-state index in [0.29, 0.717) is 0 Å². The summed E-state index contributed by atoms with van der Waals surface area (Å²) in [5.74, 6) is -1.26. The summed E-state index contributed by atoms with van der Waals surface area (Å²) >= 11 is 4.87. The molecule has 0 spiro atoms. The molecule has 126 valence electrons. The fraction of sp³-hybridized carbons (Fsp3) is 0.692. The third kappa shape index (κ3) is 3.20. The Bertz CT molecular complexity index is 729. The molecule has 2 saturated heterocycles. The minimum absolute atomic E-state index is 0.00399. The molecule has 0 amide bonds. The van der Waals surface area contributed by atoms with Gasteiger partial charge in [-0.05, 0) is 13.8 Å². The van der Waals surface area contributed by atoms with Gasteiger partial charge in [0.25, 0.3) is 0 Å². The van der Waals surface area contributed by atoms with Crippen molar-refractivity contribution < 1.29 is 23.7 Å². The number of nitrogens with one attached hydrogen (secondary N) is 1. The van der Waals surface area contributed by atoms with E-state index in [1.165, 1.54) is 13.1 Å². The molecule has 0 unspecified atom stereocenters. The van der Waals surface area contributed by atoms with Gasteiger partial charge in [-0.15, -0.1) is 0 Å². The fourth-order valence-electron chi connectivity index (χ4n) is 2.73. The van der Waals surface area contributed by atoms with Crippen LogP contribution in [0.2, 0.25) is 0 Å². The number of hydrogen-bond donors (Lipinski definition) is 1. The molecule has 2 fully saturated rings. The average molecular weight is 343 g/mol. The van der Waals surface area contributed by atoms with Crippen LogP contribution < -0.4 is 5.69 Å². The topological polar surface area (TPSA) is 105 Å². The van der Waals surface area contributed by atoms with Crippen LogP contribution in [-0.2, 0) is 23.7 Å². The highest BCUT2D eigenvalue weighted by atomic mass is 32.1. The molecule has 0 saturated carbocycles. The molecule has 0 bridgehead atoms. The molecule has 3 rings (SSSR count). The van der Waals surface area contributed by atoms with E-state index in [2.05, 4.69) is 10.1 Å². The molecule has 4 atom stereocenters. The van der Waals surface area contributed by atoms with E-state index in [4.69, 9.17) is 31.2 Å². The van der Waals surface area contributed by atoms with Gasteiger partial charge in [-0.2, -0.15) is 9.78 Å². The largest absolute Gasteiger partial charge is 0.463 e. The molecule has 2 aliphatic rings. The van der Waals surface area contributed by atoms with Gasteiger partial charge in [0, 0.05) is 6.92 Å². The Kier molecular flexibility index (Phi) is 4.08. The van der Waals surface area contributed by atoms with Crippen molar-refractivity contribution in [2.24, 2.45) is 0 Å². The number of nitrogens with zero attached hydrogens (tertiary/aromatic N) is 2. The minimum Gasteiger partial charge on any atom is -0.463 e. The van der Waals surface area contributed by atoms with E-state index < -0.39 is 42.0 Å². The second-order valence-corrected chi connectivity index (χ2v) is 6.26. The van der Waals surface area contributed by atoms with Crippen LogP contribution >= 0.6 is 12.2 Å². The summed E-state index contributed by atoms with van der Waals surface area (Å²) in [7, 11) is 0. The molecular formula is C13H17N3O6S. The number of rotatable bonds is 3. The molecule has 0 radical (unpaired) electrons. The highest BCUT2D eigenvalue weighted by Gasteiger charge is 2.56. The quantitative estimate of drug-likeness (QED) is 0.616. The summed E-state index contributed by atoms with van der Waals surface area (Å²) in [5, 5.41) is 4.00. The maximum absolute atomic E-state index is 12.1. The Labute approximate surface area is 136 Å². The number of aromatic nitrogens is 3. The molecule has 10 heteroatoms. The molecule has 23 heavy (non-hydrogen) atoms. The molecule has 1 aromatic rings. The van der Waals surface area contributed by atoms with Crippen molar-refractivity contribution in [2.75, 3.05) is 6.61 Å². The zero-order chi connectivity index (χ0) is 16.8. The normalized spacial score (nSPS) is 31.8. The Morgan fingerprint density at radius 1 is 1.48 bits per heavy atom. The summed E-state index contributed by atoms with van der Waals surface area (Å²) < 4.78 is 23.8. The average Bonchev–Trinajstić information content (AvgIpc) is 2.90. The first kappa shape index (κ1) is 16.2. The van der Waals surface area contributed by atoms with E-state index in [1.54, 1.807) is 13.8 Å². The number of aromatic amines is 1. The monoisotopic (exact) mass is 343 g/mol. The predicted octanol–water partition coefficient (Wildman–Crippen LogP) is 0.281. The highest BCUT2D eigenvalue weighted by Crippen LogP contribution is 2.42. The van der Waals surface area contributed by atoms with Crippen molar-refractivity contribution in [3.63, 3.8) is 0 Å². The minimum atomic E-state index is -0.836. The van der Waals surface area contributed by atoms with Gasteiger partial charge in [0.05, 0.1) is 6.20 Å². The van der Waals surface area contributed by atoms with Crippen molar-refractivity contribution in [1.82, 2.24) is 14.8 Å². The third-order valence-electron chi connectivity index (χ3n) is 3.55. The van der Waals surface area contributed by atoms with Crippen molar-refractivity contribution >= 4 is 18.2 Å². The van der Waals surface area contributed by atoms with Gasteiger partial charge in [0.2, 0.25) is 0 Å². The van der Waals surface area contributed by atoms with Gasteiger partial charge >= 0.3 is 11.7 Å². The van der Waals surface area contributed by atoms with Crippen molar-refractivity contribution in [3.8, 4) is 0 Å². The Morgan fingerprint density at radius 2 is 2.17 bits per heavy atom. The summed E-state index contributed by atoms with van der Waals surface area (Å²) in [5.41, 5.74) is -0.511. The van der Waals surface area contributed by atoms with Gasteiger partial charge in [-0.25, -0.2) is 4.79 Å². The van der Waals surface area contributed by atoms with Gasteiger partial charge in [0.15, 0.2) is 12.0 Å². The molecular weight excluding hydrogens is 326 g/mol. The first-order chi connectivity index (χ1) is 10.8. The first-order valence-corrected chi connectivity index (χ1v) is 7.50. The van der Waals surface area contributed by atoms with E-state index in [-0.39, 0.29) is 11.2 Å². The highest BCUT2D eigenvalue weighted by molar-refractivity contribution is 7.71. The lowest BCUT2D eigenvalue weighted by molar-refractivity contribution is -0.204. The summed E-state index contributed by atoms with van der Waals surface area (Å²) in [6.07, 6.45) is -1.06. The number of H-pyrrole nitrogens is 1. The first-order valence-electron chi connectivity index (χ1n) is 7.09. The van der Waals surface area contributed by atoms with Crippen LogP contribution in [0, 0.1) is 4.64 Å². The second-order valence-electron chi connectivity index (χ2n) is 5.82. The van der Waals surface area contributed by atoms with Crippen LogP contribution in [0.5, 0.6) is 0 Å². The second kappa shape index (κ2) is 5.78. The lowest BCUT2D eigenvalue weighted by Crippen LogP contribution is -2.36. The van der Waals surface area contributed by atoms with Gasteiger partial charge < -0.3 is 18.9 Å². The van der Waals surface area contributed by atoms with E-state index in [1.807, 2.05) is 0 Å². The van der Waals surface area contributed by atoms with Crippen LogP contribution in [0.4, 0.5) is 0 Å². The van der Waals surface area contributed by atoms with Crippen LogP contribution in [-0.4, -0.2) is 51.4 Å². The summed E-state index contributed by atoms with van der Waals surface area (Å²) in [6.45, 7) is 4.84. The molecule has 3 heterocycles. The van der Waals surface area contributed by atoms with Crippen molar-refractivity contribution in [3.05, 3.63) is 21.3 Å². The fourth-order valence-corrected chi connectivity index (χ4v) is 2.87. The lowest BCUT2D eigenvalue weighted by atomic mass is 10.1. The number of carbonyl (C=O) groups is 1. The third-order valence-corrected chi connectivity index (χ3v) is 3.76. The summed E-state index contributed by atoms with van der Waals surface area (Å²) in [6, 6.07) is 0. The molecule has 1 aromatic heterocycles. The van der Waals surface area contributed by atoms with Crippen LogP contribution in [0.15, 0.2) is 11.0 Å². The smallest absolute Gasteiger partial charge is 0.345 e. The maximum atomic E-state index is 12.1. The Morgan fingerprint density at radius 3 is 2.83 bits per heavy atom. The van der Waals surface area contributed by atoms with Crippen LogP contribution in [0.25, 0.3) is 0 Å². The van der Waals surface area contributed by atoms with Crippen molar-refractivity contribution in [1.29, 1.82) is 0 Å². The van der Waals surface area contributed by atoms with Gasteiger partial charge in [-0.3, -0.25) is 9.78 Å². The SMILES string of the molecule is CC(=O)OC[C@@H]1O[C@@H](n2ncc(=S)[nH]c2=O)[C@H]2OC(C)(C)O[C@H]21. The number of hydrogen-bond acceptors (Lipinski definition) is 8. The zero-order valence-corrected chi connectivity index (χ0v) is 13.7. The Balaban J connectivity index is 1.90. The Hall–Kier alpha value is -1.62. The van der Waals surface area contributed by atoms with E-state index >= 15 is 0 Å². The predicted molar refractivity (Wildman–Crippen MR) is 78.0 cm³/mol. The zero-order valence-electron chi connectivity index (χ0n) is 12.8. The number of carbonyl (C=O) groups excluding carboxylic acids is 1. The van der Waals surface area contributed by atoms with Crippen molar-refractivity contribution in [2.45, 2.75) is 51.1 Å². The number of ether oxygens (including phenoxy) is 4. The van der Waals surface area contributed by atoms with Gasteiger partial charge in [-0.1, -0.05) is 12.2 Å². The van der Waals surface area contributed by atoms with Gasteiger partial charge in [0.1, 0.15) is 29.6 Å². The van der Waals surface area contributed by atoms with E-state index in [9.17, 15) is 9.59 Å². The summed E-state index contributed by atoms with van der Waals surface area (Å²) in [4.78, 5) is 25.6. The maximum Gasteiger partial charge on any atom is 0.345 e. The number of fused-ring (bicyclic) bond motifs is 1. The molecule has 1 N–H and O–H groups in total. The molecule has 2 aliphatic heterocycles.